The van der Waals surface area contributed by atoms with Crippen molar-refractivity contribution in [2.24, 2.45) is 13.0 Å². The summed E-state index contributed by atoms with van der Waals surface area (Å²) in [7, 11) is 1.80. The molecule has 1 atom stereocenters. The zero-order valence-corrected chi connectivity index (χ0v) is 21.1. The highest BCUT2D eigenvalue weighted by Crippen LogP contribution is 2.41. The first-order valence-corrected chi connectivity index (χ1v) is 12.4. The number of rotatable bonds is 8. The first kappa shape index (κ1) is 23.4. The zero-order valence-electron chi connectivity index (χ0n) is 20.3. The lowest BCUT2D eigenvalue weighted by Gasteiger charge is -2.15. The number of aryl methyl sites for hydroxylation is 1. The van der Waals surface area contributed by atoms with Crippen LogP contribution in [0.3, 0.4) is 0 Å². The van der Waals surface area contributed by atoms with Gasteiger partial charge in [0.05, 0.1) is 18.6 Å². The molecule has 37 heavy (non-hydrogen) atoms. The van der Waals surface area contributed by atoms with Gasteiger partial charge in [0.25, 0.3) is 5.56 Å². The summed E-state index contributed by atoms with van der Waals surface area (Å²) in [6.07, 6.45) is 12.2. The standard InChI is InChI=1S/C25H25ClN8O3/c1-14(13-35)11-33-12-16(15-3-4-15)7-17(24(33)36)30-25-31-23-22(32(25)2)21(26)20(9-28-23)37-19-10-29-34-6-5-27-8-18(19)34/h5-10,12,14-15,35H,3-4,11,13H2,1-2H3,(H,28,30,31). The highest BCUT2D eigenvalue weighted by molar-refractivity contribution is 6.36. The average molecular weight is 521 g/mol. The molecule has 1 fully saturated rings. The molecule has 1 aliphatic carbocycles. The number of halogens is 1. The van der Waals surface area contributed by atoms with Crippen LogP contribution in [0.1, 0.15) is 31.2 Å². The Morgan fingerprint density at radius 1 is 1.27 bits per heavy atom. The fraction of sp³-hybridized carbons (Fsp3) is 0.320. The summed E-state index contributed by atoms with van der Waals surface area (Å²) in [6, 6.07) is 1.89. The van der Waals surface area contributed by atoms with Gasteiger partial charge in [0.2, 0.25) is 5.95 Å². The van der Waals surface area contributed by atoms with Gasteiger partial charge in [-0.2, -0.15) is 10.1 Å². The summed E-state index contributed by atoms with van der Waals surface area (Å²) in [5.74, 6) is 1.67. The summed E-state index contributed by atoms with van der Waals surface area (Å²) in [5, 5.41) is 17.3. The van der Waals surface area contributed by atoms with E-state index in [1.165, 1.54) is 6.20 Å². The first-order chi connectivity index (χ1) is 17.9. The number of pyridine rings is 2. The number of nitrogens with one attached hydrogen (secondary N) is 1. The molecule has 12 heteroatoms. The van der Waals surface area contributed by atoms with Crippen LogP contribution in [0.15, 0.2) is 48.0 Å². The van der Waals surface area contributed by atoms with Crippen LogP contribution in [0, 0.1) is 5.92 Å². The number of fused-ring (bicyclic) bond motifs is 2. The van der Waals surface area contributed by atoms with E-state index in [0.29, 0.717) is 57.3 Å². The van der Waals surface area contributed by atoms with Gasteiger partial charge < -0.3 is 24.3 Å². The molecule has 1 saturated carbocycles. The number of nitrogens with zero attached hydrogens (tertiary/aromatic N) is 7. The highest BCUT2D eigenvalue weighted by Gasteiger charge is 2.26. The molecule has 5 aromatic heterocycles. The van der Waals surface area contributed by atoms with Gasteiger partial charge in [-0.3, -0.25) is 9.78 Å². The maximum absolute atomic E-state index is 13.3. The van der Waals surface area contributed by atoms with Crippen molar-refractivity contribution >= 4 is 39.9 Å². The maximum atomic E-state index is 13.3. The van der Waals surface area contributed by atoms with E-state index in [4.69, 9.17) is 16.3 Å². The van der Waals surface area contributed by atoms with Crippen LogP contribution in [0.5, 0.6) is 11.5 Å². The summed E-state index contributed by atoms with van der Waals surface area (Å²) >= 11 is 6.75. The van der Waals surface area contributed by atoms with Crippen LogP contribution in [-0.2, 0) is 13.6 Å². The van der Waals surface area contributed by atoms with Gasteiger partial charge in [-0.25, -0.2) is 9.50 Å². The number of imidazole rings is 1. The van der Waals surface area contributed by atoms with Crippen molar-refractivity contribution in [1.29, 1.82) is 0 Å². The summed E-state index contributed by atoms with van der Waals surface area (Å²) in [6.45, 7) is 2.35. The SMILES string of the molecule is CC(CO)Cn1cc(C2CC2)cc(Nc2nc3ncc(Oc4cnn5ccncc45)c(Cl)c3n2C)c1=O. The van der Waals surface area contributed by atoms with E-state index in [-0.39, 0.29) is 18.1 Å². The smallest absolute Gasteiger partial charge is 0.274 e. The Labute approximate surface area is 216 Å². The maximum Gasteiger partial charge on any atom is 0.274 e. The fourth-order valence-electron chi connectivity index (χ4n) is 4.34. The van der Waals surface area contributed by atoms with Gasteiger partial charge in [-0.05, 0) is 36.3 Å². The molecule has 1 aliphatic rings. The largest absolute Gasteiger partial charge is 0.450 e. The second-order valence-corrected chi connectivity index (χ2v) is 9.83. The van der Waals surface area contributed by atoms with Crippen molar-refractivity contribution in [3.05, 3.63) is 64.2 Å². The molecule has 5 aromatic rings. The Morgan fingerprint density at radius 2 is 2.11 bits per heavy atom. The lowest BCUT2D eigenvalue weighted by molar-refractivity contribution is 0.222. The monoisotopic (exact) mass is 520 g/mol. The predicted molar refractivity (Wildman–Crippen MR) is 139 cm³/mol. The highest BCUT2D eigenvalue weighted by atomic mass is 35.5. The van der Waals surface area contributed by atoms with Crippen molar-refractivity contribution in [3.8, 4) is 11.5 Å². The van der Waals surface area contributed by atoms with Crippen LogP contribution >= 0.6 is 11.6 Å². The van der Waals surface area contributed by atoms with E-state index >= 15 is 0 Å². The number of ether oxygens (including phenoxy) is 1. The molecular weight excluding hydrogens is 496 g/mol. The molecular formula is C25H25ClN8O3. The minimum Gasteiger partial charge on any atom is -0.450 e. The second-order valence-electron chi connectivity index (χ2n) is 9.45. The van der Waals surface area contributed by atoms with Crippen molar-refractivity contribution in [2.75, 3.05) is 11.9 Å². The molecule has 6 rings (SSSR count). The molecule has 0 aliphatic heterocycles. The average Bonchev–Trinajstić information content (AvgIpc) is 3.60. The third kappa shape index (κ3) is 4.30. The molecule has 5 heterocycles. The molecule has 0 spiro atoms. The van der Waals surface area contributed by atoms with E-state index < -0.39 is 0 Å². The van der Waals surface area contributed by atoms with Crippen LogP contribution in [0.2, 0.25) is 5.02 Å². The fourth-order valence-corrected chi connectivity index (χ4v) is 4.64. The Balaban J connectivity index is 1.36. The normalized spacial score (nSPS) is 14.4. The minimum absolute atomic E-state index is 0.00790. The van der Waals surface area contributed by atoms with Gasteiger partial charge in [-0.1, -0.05) is 18.5 Å². The summed E-state index contributed by atoms with van der Waals surface area (Å²) < 4.78 is 11.1. The lowest BCUT2D eigenvalue weighted by Crippen LogP contribution is -2.26. The molecule has 0 radical (unpaired) electrons. The van der Waals surface area contributed by atoms with Crippen LogP contribution < -0.4 is 15.6 Å². The van der Waals surface area contributed by atoms with Crippen molar-refractivity contribution in [2.45, 2.75) is 32.2 Å². The number of aliphatic hydroxyl groups excluding tert-OH is 1. The Morgan fingerprint density at radius 3 is 2.89 bits per heavy atom. The van der Waals surface area contributed by atoms with E-state index in [9.17, 15) is 9.90 Å². The van der Waals surface area contributed by atoms with E-state index in [0.717, 1.165) is 18.4 Å². The van der Waals surface area contributed by atoms with Gasteiger partial charge in [-0.15, -0.1) is 0 Å². The number of anilines is 2. The number of hydrogen-bond donors (Lipinski definition) is 2. The Kier molecular flexibility index (Phi) is 5.81. The third-order valence-corrected chi connectivity index (χ3v) is 6.90. The molecule has 0 bridgehead atoms. The molecule has 0 aromatic carbocycles. The van der Waals surface area contributed by atoms with Crippen molar-refractivity contribution < 1.29 is 9.84 Å². The molecule has 190 valence electrons. The van der Waals surface area contributed by atoms with Gasteiger partial charge >= 0.3 is 0 Å². The van der Waals surface area contributed by atoms with Crippen molar-refractivity contribution in [3.63, 3.8) is 0 Å². The minimum atomic E-state index is -0.179. The van der Waals surface area contributed by atoms with E-state index in [1.807, 2.05) is 19.2 Å². The lowest BCUT2D eigenvalue weighted by atomic mass is 10.1. The van der Waals surface area contributed by atoms with Gasteiger partial charge in [0.15, 0.2) is 17.1 Å². The molecule has 2 N–H and O–H groups in total. The molecule has 0 saturated heterocycles. The molecule has 1 unspecified atom stereocenters. The van der Waals surface area contributed by atoms with Crippen LogP contribution in [-0.4, -0.2) is 45.4 Å². The summed E-state index contributed by atoms with van der Waals surface area (Å²) in [5.41, 5.74) is 3.00. The number of aromatic nitrogens is 7. The van der Waals surface area contributed by atoms with Gasteiger partial charge in [0.1, 0.15) is 21.7 Å². The second kappa shape index (κ2) is 9.16. The number of hydrogen-bond acceptors (Lipinski definition) is 8. The van der Waals surface area contributed by atoms with Gasteiger partial charge in [0, 0.05) is 38.8 Å². The van der Waals surface area contributed by atoms with Crippen molar-refractivity contribution in [1.82, 2.24) is 33.7 Å². The van der Waals surface area contributed by atoms with Crippen LogP contribution in [0.4, 0.5) is 11.6 Å². The zero-order chi connectivity index (χ0) is 25.7. The molecule has 11 nitrogen and oxygen atoms in total. The summed E-state index contributed by atoms with van der Waals surface area (Å²) in [4.78, 5) is 26.4. The predicted octanol–water partition coefficient (Wildman–Crippen LogP) is 3.87. The Hall–Kier alpha value is -3.96. The Bertz CT molecular complexity index is 1690. The molecule has 0 amide bonds. The quantitative estimate of drug-likeness (QED) is 0.316. The third-order valence-electron chi connectivity index (χ3n) is 6.54. The number of aliphatic hydroxyl groups is 1. The first-order valence-electron chi connectivity index (χ1n) is 12.0. The van der Waals surface area contributed by atoms with E-state index in [1.54, 1.807) is 45.5 Å². The van der Waals surface area contributed by atoms with Crippen LogP contribution in [0.25, 0.3) is 16.7 Å². The van der Waals surface area contributed by atoms with E-state index in [2.05, 4.69) is 25.4 Å². The topological polar surface area (TPSA) is 124 Å².